The van der Waals surface area contributed by atoms with E-state index in [0.29, 0.717) is 19.0 Å². The van der Waals surface area contributed by atoms with Gasteiger partial charge >= 0.3 is 0 Å². The Bertz CT molecular complexity index is 645. The molecule has 0 aliphatic carbocycles. The lowest BCUT2D eigenvalue weighted by molar-refractivity contribution is 0.0722. The summed E-state index contributed by atoms with van der Waals surface area (Å²) in [4.78, 5) is 14.1. The van der Waals surface area contributed by atoms with E-state index in [1.54, 1.807) is 0 Å². The van der Waals surface area contributed by atoms with Gasteiger partial charge in [-0.15, -0.1) is 0 Å². The van der Waals surface area contributed by atoms with Crippen molar-refractivity contribution in [1.29, 1.82) is 0 Å². The monoisotopic (exact) mass is 374 g/mol. The van der Waals surface area contributed by atoms with Crippen LogP contribution in [0.15, 0.2) is 12.1 Å². The molecule has 1 aliphatic rings. The minimum Gasteiger partial charge on any atom is -0.352 e. The molecule has 0 saturated carbocycles. The smallest absolute Gasteiger partial charge is 0.254 e. The van der Waals surface area contributed by atoms with Crippen molar-refractivity contribution in [3.05, 3.63) is 35.1 Å². The van der Waals surface area contributed by atoms with Crippen LogP contribution in [0.1, 0.15) is 44.0 Å². The molecular formula is C19H26F4N2O. The van der Waals surface area contributed by atoms with Crippen LogP contribution in [0.2, 0.25) is 0 Å². The van der Waals surface area contributed by atoms with Crippen LogP contribution in [-0.2, 0) is 0 Å². The molecule has 146 valence electrons. The number of rotatable bonds is 5. The lowest BCUT2D eigenvalue weighted by Crippen LogP contribution is -2.46. The maximum Gasteiger partial charge on any atom is 0.254 e. The lowest BCUT2D eigenvalue weighted by atomic mass is 9.90. The van der Waals surface area contributed by atoms with Gasteiger partial charge in [-0.05, 0) is 43.5 Å². The van der Waals surface area contributed by atoms with Crippen molar-refractivity contribution >= 4 is 5.91 Å². The van der Waals surface area contributed by atoms with Crippen molar-refractivity contribution < 1.29 is 22.4 Å². The number of carbonyl (C=O) groups is 1. The number of carbonyl (C=O) groups excluding carboxylic acids is 1. The highest BCUT2D eigenvalue weighted by Crippen LogP contribution is 2.24. The third kappa shape index (κ3) is 5.43. The zero-order valence-electron chi connectivity index (χ0n) is 15.4. The Kier molecular flexibility index (Phi) is 6.66. The van der Waals surface area contributed by atoms with Gasteiger partial charge < -0.3 is 10.2 Å². The first-order valence-corrected chi connectivity index (χ1v) is 8.86. The van der Waals surface area contributed by atoms with Crippen molar-refractivity contribution in [3.8, 4) is 0 Å². The van der Waals surface area contributed by atoms with Crippen molar-refractivity contribution in [2.24, 2.45) is 11.3 Å². The van der Waals surface area contributed by atoms with Gasteiger partial charge in [-0.2, -0.15) is 0 Å². The van der Waals surface area contributed by atoms with E-state index in [0.717, 1.165) is 25.6 Å². The summed E-state index contributed by atoms with van der Waals surface area (Å²) in [7, 11) is 0. The number of halogens is 4. The Morgan fingerprint density at radius 1 is 1.23 bits per heavy atom. The van der Waals surface area contributed by atoms with Crippen LogP contribution in [0.25, 0.3) is 0 Å². The Morgan fingerprint density at radius 2 is 1.92 bits per heavy atom. The summed E-state index contributed by atoms with van der Waals surface area (Å²) in [6.07, 6.45) is 0.446. The van der Waals surface area contributed by atoms with Gasteiger partial charge in [0.1, 0.15) is 6.17 Å². The summed E-state index contributed by atoms with van der Waals surface area (Å²) in [6.45, 7) is 8.31. The fourth-order valence-electron chi connectivity index (χ4n) is 2.96. The molecular weight excluding hydrogens is 348 g/mol. The molecule has 1 fully saturated rings. The molecule has 1 amide bonds. The van der Waals surface area contributed by atoms with Gasteiger partial charge in [-0.25, -0.2) is 17.6 Å². The van der Waals surface area contributed by atoms with Gasteiger partial charge in [0.25, 0.3) is 5.91 Å². The fourth-order valence-corrected chi connectivity index (χ4v) is 2.96. The minimum atomic E-state index is -1.69. The van der Waals surface area contributed by atoms with Crippen molar-refractivity contribution in [1.82, 2.24) is 10.2 Å². The van der Waals surface area contributed by atoms with Crippen LogP contribution < -0.4 is 5.32 Å². The third-order valence-corrected chi connectivity index (χ3v) is 4.74. The number of amides is 1. The average molecular weight is 374 g/mol. The van der Waals surface area contributed by atoms with Crippen LogP contribution in [0, 0.1) is 28.8 Å². The van der Waals surface area contributed by atoms with E-state index in [-0.39, 0.29) is 17.9 Å². The van der Waals surface area contributed by atoms with Gasteiger partial charge in [0.05, 0.1) is 5.56 Å². The molecule has 26 heavy (non-hydrogen) atoms. The van der Waals surface area contributed by atoms with E-state index in [1.807, 2.05) is 0 Å². The molecule has 1 aromatic carbocycles. The number of piperidine rings is 1. The second-order valence-electron chi connectivity index (χ2n) is 8.11. The van der Waals surface area contributed by atoms with Crippen LogP contribution in [0.4, 0.5) is 17.6 Å². The fraction of sp³-hybridized carbons (Fsp3) is 0.632. The van der Waals surface area contributed by atoms with Gasteiger partial charge in [-0.3, -0.25) is 4.79 Å². The summed E-state index contributed by atoms with van der Waals surface area (Å²) in [5.41, 5.74) is -0.396. The van der Waals surface area contributed by atoms with Crippen molar-refractivity contribution in [3.63, 3.8) is 0 Å². The van der Waals surface area contributed by atoms with Crippen LogP contribution in [0.3, 0.4) is 0 Å². The molecule has 7 heteroatoms. The molecule has 2 unspecified atom stereocenters. The molecule has 0 spiro atoms. The summed E-state index contributed by atoms with van der Waals surface area (Å²) in [6, 6.07) is 1.57. The highest BCUT2D eigenvalue weighted by molar-refractivity contribution is 5.94. The van der Waals surface area contributed by atoms with E-state index in [2.05, 4.69) is 31.0 Å². The minimum absolute atomic E-state index is 0.0333. The number of hydrogen-bond donors (Lipinski definition) is 1. The molecule has 2 atom stereocenters. The van der Waals surface area contributed by atoms with E-state index < -0.39 is 35.1 Å². The predicted molar refractivity (Wildman–Crippen MR) is 92.2 cm³/mol. The average Bonchev–Trinajstić information content (AvgIpc) is 2.56. The van der Waals surface area contributed by atoms with Crippen LogP contribution in [-0.4, -0.2) is 43.2 Å². The van der Waals surface area contributed by atoms with E-state index in [9.17, 15) is 22.4 Å². The Labute approximate surface area is 151 Å². The summed E-state index contributed by atoms with van der Waals surface area (Å²) in [5, 5.41) is 2.43. The Morgan fingerprint density at radius 3 is 2.54 bits per heavy atom. The van der Waals surface area contributed by atoms with Gasteiger partial charge in [-0.1, -0.05) is 20.8 Å². The molecule has 0 bridgehead atoms. The Balaban J connectivity index is 1.85. The number of nitrogens with zero attached hydrogens (tertiary/aromatic N) is 1. The first kappa shape index (κ1) is 20.7. The van der Waals surface area contributed by atoms with Gasteiger partial charge in [0.15, 0.2) is 17.5 Å². The first-order valence-electron chi connectivity index (χ1n) is 8.86. The van der Waals surface area contributed by atoms with E-state index >= 15 is 0 Å². The zero-order chi connectivity index (χ0) is 19.5. The highest BCUT2D eigenvalue weighted by Gasteiger charge is 2.30. The Hall–Kier alpha value is -1.63. The SMILES string of the molecule is CC(C)(C)CCN1CCC(CNC(=O)c2ccc(F)c(F)c2F)C(F)C1. The van der Waals surface area contributed by atoms with Gasteiger partial charge in [0.2, 0.25) is 0 Å². The largest absolute Gasteiger partial charge is 0.352 e. The van der Waals surface area contributed by atoms with E-state index in [4.69, 9.17) is 0 Å². The number of benzene rings is 1. The normalized spacial score (nSPS) is 21.7. The highest BCUT2D eigenvalue weighted by atomic mass is 19.2. The van der Waals surface area contributed by atoms with Crippen LogP contribution >= 0.6 is 0 Å². The molecule has 0 radical (unpaired) electrons. The first-order chi connectivity index (χ1) is 12.1. The lowest BCUT2D eigenvalue weighted by Gasteiger charge is -2.36. The molecule has 1 saturated heterocycles. The summed E-state index contributed by atoms with van der Waals surface area (Å²) < 4.78 is 54.2. The number of hydrogen-bond acceptors (Lipinski definition) is 2. The standard InChI is InChI=1S/C19H26F4N2O/c1-19(2,3)7-9-25-8-6-12(15(21)11-25)10-24-18(26)13-4-5-14(20)17(23)16(13)22/h4-5,12,15H,6-11H2,1-3H3,(H,24,26). The topological polar surface area (TPSA) is 32.3 Å². The van der Waals surface area contributed by atoms with E-state index in [1.165, 1.54) is 0 Å². The summed E-state index contributed by atoms with van der Waals surface area (Å²) in [5.74, 6) is -5.82. The van der Waals surface area contributed by atoms with Crippen molar-refractivity contribution in [2.45, 2.75) is 39.8 Å². The maximum absolute atomic E-state index is 14.4. The molecule has 1 heterocycles. The maximum atomic E-state index is 14.4. The molecule has 1 aliphatic heterocycles. The molecule has 3 nitrogen and oxygen atoms in total. The third-order valence-electron chi connectivity index (χ3n) is 4.74. The number of alkyl halides is 1. The second kappa shape index (κ2) is 8.37. The number of nitrogens with one attached hydrogen (secondary N) is 1. The molecule has 1 aromatic rings. The second-order valence-corrected chi connectivity index (χ2v) is 8.11. The van der Waals surface area contributed by atoms with Crippen molar-refractivity contribution in [2.75, 3.05) is 26.2 Å². The quantitative estimate of drug-likeness (QED) is 0.626. The molecule has 2 rings (SSSR count). The molecule has 1 N–H and O–H groups in total. The zero-order valence-corrected chi connectivity index (χ0v) is 15.4. The predicted octanol–water partition coefficient (Wildman–Crippen LogP) is 3.93. The van der Waals surface area contributed by atoms with Gasteiger partial charge in [0, 0.05) is 19.0 Å². The number of likely N-dealkylation sites (tertiary alicyclic amines) is 1. The summed E-state index contributed by atoms with van der Waals surface area (Å²) >= 11 is 0. The van der Waals surface area contributed by atoms with Crippen LogP contribution in [0.5, 0.6) is 0 Å². The molecule has 0 aromatic heterocycles.